The molecule has 0 aromatic heterocycles. The van der Waals surface area contributed by atoms with Crippen molar-refractivity contribution in [3.63, 3.8) is 0 Å². The third kappa shape index (κ3) is 6.26. The number of hydrogen-bond acceptors (Lipinski definition) is 2. The van der Waals surface area contributed by atoms with Crippen molar-refractivity contribution in [1.29, 1.82) is 0 Å². The summed E-state index contributed by atoms with van der Waals surface area (Å²) in [6, 6.07) is 64.7. The number of nitrogens with zero attached hydrogens (tertiary/aromatic N) is 2. The molecule has 0 radical (unpaired) electrons. The summed E-state index contributed by atoms with van der Waals surface area (Å²) in [7, 11) is 0. The fraction of sp³-hybridized carbons (Fsp3) is 0.158. The molecule has 0 amide bonds. The van der Waals surface area contributed by atoms with Crippen molar-refractivity contribution >= 4 is 34.4 Å². The first-order chi connectivity index (χ1) is 28.7. The van der Waals surface area contributed by atoms with Crippen LogP contribution in [0.1, 0.15) is 61.9 Å². The number of hydrogen-bond donors (Lipinski definition) is 0. The van der Waals surface area contributed by atoms with E-state index >= 15 is 0 Å². The monoisotopic (exact) mass is 762 g/mol. The summed E-state index contributed by atoms with van der Waals surface area (Å²) in [5, 5.41) is 0. The van der Waals surface area contributed by atoms with Gasteiger partial charge < -0.3 is 9.80 Å². The number of benzene rings is 7. The van der Waals surface area contributed by atoms with E-state index in [1.807, 2.05) is 0 Å². The Morgan fingerprint density at radius 2 is 1.08 bits per heavy atom. The van der Waals surface area contributed by atoms with Gasteiger partial charge in [-0.15, -0.1) is 0 Å². The highest BCUT2D eigenvalue weighted by Gasteiger charge is 2.40. The lowest BCUT2D eigenvalue weighted by atomic mass is 9.77. The van der Waals surface area contributed by atoms with E-state index in [0.29, 0.717) is 0 Å². The molecule has 0 bridgehead atoms. The average molecular weight is 763 g/mol. The van der Waals surface area contributed by atoms with E-state index < -0.39 is 0 Å². The van der Waals surface area contributed by atoms with E-state index in [0.717, 1.165) is 6.42 Å². The van der Waals surface area contributed by atoms with Crippen molar-refractivity contribution in [3.05, 3.63) is 227 Å². The smallest absolute Gasteiger partial charge is 0.0563 e. The predicted molar refractivity (Wildman–Crippen MR) is 251 cm³/mol. The standard InChI is InChI=1S/C57H50N2/c1-39-16-12-15-23-54(39)59(45-19-10-7-11-20-45)55-37-44-36-43(28-35-51(44)57(55,4)5)42-26-31-47(32-27-42)58(46-29-24-41(25-30-46)40-17-8-6-9-18-40)48-33-34-50-49-21-13-14-22-52(49)56(2,3)53(50)38-48/h6-37,48H,38H2,1-5H3. The van der Waals surface area contributed by atoms with Crippen LogP contribution in [0.25, 0.3) is 33.9 Å². The van der Waals surface area contributed by atoms with E-state index in [-0.39, 0.29) is 16.9 Å². The zero-order valence-electron chi connectivity index (χ0n) is 34.7. The molecule has 3 aliphatic rings. The Kier molecular flexibility index (Phi) is 8.91. The molecule has 0 fully saturated rings. The fourth-order valence-electron chi connectivity index (χ4n) is 9.97. The van der Waals surface area contributed by atoms with Crippen molar-refractivity contribution in [1.82, 2.24) is 0 Å². The van der Waals surface area contributed by atoms with E-state index in [4.69, 9.17) is 0 Å². The molecule has 0 spiro atoms. The second kappa shape index (κ2) is 14.3. The minimum Gasteiger partial charge on any atom is -0.334 e. The lowest BCUT2D eigenvalue weighted by Gasteiger charge is -2.37. The molecule has 0 aliphatic heterocycles. The number of allylic oxidation sites excluding steroid dienone is 3. The van der Waals surface area contributed by atoms with Crippen molar-refractivity contribution < 1.29 is 0 Å². The molecule has 0 saturated carbocycles. The highest BCUT2D eigenvalue weighted by Crippen LogP contribution is 2.52. The molecular weight excluding hydrogens is 713 g/mol. The number of aryl methyl sites for hydroxylation is 1. The maximum atomic E-state index is 2.54. The number of anilines is 4. The maximum absolute atomic E-state index is 2.54. The Morgan fingerprint density at radius 3 is 1.78 bits per heavy atom. The van der Waals surface area contributed by atoms with Gasteiger partial charge in [0.25, 0.3) is 0 Å². The van der Waals surface area contributed by atoms with Crippen LogP contribution in [0, 0.1) is 6.92 Å². The van der Waals surface area contributed by atoms with Crippen molar-refractivity contribution in [2.75, 3.05) is 9.80 Å². The van der Waals surface area contributed by atoms with Crippen LogP contribution in [0.4, 0.5) is 22.7 Å². The van der Waals surface area contributed by atoms with E-state index in [1.165, 1.54) is 89.7 Å². The molecule has 1 atom stereocenters. The largest absolute Gasteiger partial charge is 0.334 e. The number of para-hydroxylation sites is 2. The Balaban J connectivity index is 1.00. The number of rotatable bonds is 8. The third-order valence-electron chi connectivity index (χ3n) is 13.2. The molecule has 7 aromatic rings. The zero-order chi connectivity index (χ0) is 40.3. The normalized spacial score (nSPS) is 16.9. The molecule has 0 N–H and O–H groups in total. The zero-order valence-corrected chi connectivity index (χ0v) is 34.7. The van der Waals surface area contributed by atoms with Gasteiger partial charge in [-0.05, 0) is 129 Å². The van der Waals surface area contributed by atoms with Crippen LogP contribution in [-0.2, 0) is 10.8 Å². The van der Waals surface area contributed by atoms with Gasteiger partial charge in [-0.1, -0.05) is 167 Å². The Labute approximate surface area is 350 Å². The Morgan fingerprint density at radius 1 is 0.508 bits per heavy atom. The second-order valence-corrected chi connectivity index (χ2v) is 17.4. The van der Waals surface area contributed by atoms with Gasteiger partial charge in [0.2, 0.25) is 0 Å². The van der Waals surface area contributed by atoms with Gasteiger partial charge in [0.1, 0.15) is 0 Å². The summed E-state index contributed by atoms with van der Waals surface area (Å²) < 4.78 is 0. The highest BCUT2D eigenvalue weighted by atomic mass is 15.2. The van der Waals surface area contributed by atoms with Crippen LogP contribution in [0.15, 0.2) is 199 Å². The van der Waals surface area contributed by atoms with Gasteiger partial charge in [0.05, 0.1) is 6.04 Å². The van der Waals surface area contributed by atoms with Gasteiger partial charge in [-0.2, -0.15) is 0 Å². The molecular formula is C57H50N2. The van der Waals surface area contributed by atoms with Crippen LogP contribution < -0.4 is 9.80 Å². The quantitative estimate of drug-likeness (QED) is 0.152. The number of fused-ring (bicyclic) bond motifs is 3. The molecule has 288 valence electrons. The van der Waals surface area contributed by atoms with Crippen LogP contribution in [0.2, 0.25) is 0 Å². The van der Waals surface area contributed by atoms with Crippen molar-refractivity contribution in [2.45, 2.75) is 57.9 Å². The van der Waals surface area contributed by atoms with Gasteiger partial charge in [-0.25, -0.2) is 0 Å². The molecule has 10 rings (SSSR count). The van der Waals surface area contributed by atoms with Crippen LogP contribution in [0.3, 0.4) is 0 Å². The molecule has 0 saturated heterocycles. The van der Waals surface area contributed by atoms with Gasteiger partial charge in [0.15, 0.2) is 0 Å². The lowest BCUT2D eigenvalue weighted by molar-refractivity contribution is 0.585. The SMILES string of the molecule is Cc1ccccc1N(C1=Cc2cc(-c3ccc(N(c4ccc(-c5ccccc5)cc4)C4C=CC5=C(C4)C(C)(C)c4ccccc45)cc3)ccc2C1(C)C)c1ccccc1. The van der Waals surface area contributed by atoms with Gasteiger partial charge in [0, 0.05) is 39.3 Å². The predicted octanol–water partition coefficient (Wildman–Crippen LogP) is 15.0. The Bertz CT molecular complexity index is 2780. The summed E-state index contributed by atoms with van der Waals surface area (Å²) in [6.07, 6.45) is 8.20. The molecule has 3 aliphatic carbocycles. The topological polar surface area (TPSA) is 6.48 Å². The van der Waals surface area contributed by atoms with E-state index in [2.05, 4.69) is 239 Å². The minimum atomic E-state index is -0.190. The minimum absolute atomic E-state index is 0.0177. The first-order valence-electron chi connectivity index (χ1n) is 21.0. The van der Waals surface area contributed by atoms with Crippen LogP contribution in [-0.4, -0.2) is 6.04 Å². The molecule has 1 unspecified atom stereocenters. The molecule has 2 nitrogen and oxygen atoms in total. The fourth-order valence-corrected chi connectivity index (χ4v) is 9.97. The van der Waals surface area contributed by atoms with Crippen molar-refractivity contribution in [2.24, 2.45) is 0 Å². The molecule has 2 heteroatoms. The lowest BCUT2D eigenvalue weighted by Crippen LogP contribution is -2.33. The first-order valence-corrected chi connectivity index (χ1v) is 21.0. The highest BCUT2D eigenvalue weighted by molar-refractivity contribution is 5.88. The van der Waals surface area contributed by atoms with Gasteiger partial charge in [-0.3, -0.25) is 0 Å². The maximum Gasteiger partial charge on any atom is 0.0563 e. The van der Waals surface area contributed by atoms with Crippen LogP contribution >= 0.6 is 0 Å². The third-order valence-corrected chi connectivity index (χ3v) is 13.2. The van der Waals surface area contributed by atoms with Gasteiger partial charge >= 0.3 is 0 Å². The van der Waals surface area contributed by atoms with E-state index in [9.17, 15) is 0 Å². The van der Waals surface area contributed by atoms with Crippen LogP contribution in [0.5, 0.6) is 0 Å². The molecule has 59 heavy (non-hydrogen) atoms. The second-order valence-electron chi connectivity index (χ2n) is 17.4. The molecule has 0 heterocycles. The Hall–Kier alpha value is -6.64. The summed E-state index contributed by atoms with van der Waals surface area (Å²) >= 11 is 0. The summed E-state index contributed by atoms with van der Waals surface area (Å²) in [5.74, 6) is 0. The first kappa shape index (κ1) is 36.7. The van der Waals surface area contributed by atoms with E-state index in [1.54, 1.807) is 0 Å². The summed E-state index contributed by atoms with van der Waals surface area (Å²) in [5.41, 5.74) is 20.4. The summed E-state index contributed by atoms with van der Waals surface area (Å²) in [4.78, 5) is 5.00. The summed E-state index contributed by atoms with van der Waals surface area (Å²) in [6.45, 7) is 11.7. The molecule has 7 aromatic carbocycles. The van der Waals surface area contributed by atoms with Crippen molar-refractivity contribution in [3.8, 4) is 22.3 Å². The average Bonchev–Trinajstić information content (AvgIpc) is 3.67.